The summed E-state index contributed by atoms with van der Waals surface area (Å²) in [6.07, 6.45) is 4.93. The monoisotopic (exact) mass is 421 g/mol. The lowest BCUT2D eigenvalue weighted by molar-refractivity contribution is -0.127. The number of nitrogens with one attached hydrogen (secondary N) is 1. The Balaban J connectivity index is 1.26. The summed E-state index contributed by atoms with van der Waals surface area (Å²) >= 11 is 0. The van der Waals surface area contributed by atoms with E-state index in [0.717, 1.165) is 48.6 Å². The highest BCUT2D eigenvalue weighted by Crippen LogP contribution is 2.33. The fourth-order valence-electron chi connectivity index (χ4n) is 5.12. The maximum Gasteiger partial charge on any atom is 0.242 e. The summed E-state index contributed by atoms with van der Waals surface area (Å²) in [5.74, 6) is 1.57. The highest BCUT2D eigenvalue weighted by molar-refractivity contribution is 5.83. The molecule has 0 spiro atoms. The quantitative estimate of drug-likeness (QED) is 0.775. The van der Waals surface area contributed by atoms with E-state index >= 15 is 0 Å². The van der Waals surface area contributed by atoms with Gasteiger partial charge >= 0.3 is 0 Å². The maximum absolute atomic E-state index is 13.4. The molecule has 164 valence electrons. The largest absolute Gasteiger partial charge is 0.454 e. The van der Waals surface area contributed by atoms with Gasteiger partial charge in [-0.2, -0.15) is 0 Å². The van der Waals surface area contributed by atoms with Crippen LogP contribution in [0, 0.1) is 0 Å². The number of amides is 1. The van der Waals surface area contributed by atoms with Crippen LogP contribution in [0.4, 0.5) is 0 Å². The first-order valence-corrected chi connectivity index (χ1v) is 11.5. The van der Waals surface area contributed by atoms with E-state index in [1.807, 2.05) is 36.4 Å². The molecular weight excluding hydrogens is 390 g/mol. The molecule has 3 heterocycles. The Hall–Kier alpha value is -2.57. The van der Waals surface area contributed by atoms with E-state index in [9.17, 15) is 4.79 Å². The van der Waals surface area contributed by atoms with Crippen molar-refractivity contribution >= 4 is 5.91 Å². The highest BCUT2D eigenvalue weighted by atomic mass is 16.7. The number of carbonyl (C=O) groups excluding carboxylic acids is 1. The third kappa shape index (κ3) is 4.55. The number of benzene rings is 2. The predicted octanol–water partition coefficient (Wildman–Crippen LogP) is 3.33. The van der Waals surface area contributed by atoms with E-state index in [2.05, 4.69) is 27.2 Å². The standard InChI is InChI=1S/C25H31N3O3/c29-25(26-17-19-8-9-22-23(16-19)31-18-30-22)24(20-6-2-1-3-7-20)28-14-10-21(11-15-28)27-12-4-5-13-27/h1-3,6-9,16,21,24H,4-5,10-15,17-18H2,(H,26,29). The molecule has 31 heavy (non-hydrogen) atoms. The molecule has 0 aliphatic carbocycles. The summed E-state index contributed by atoms with van der Waals surface area (Å²) in [7, 11) is 0. The molecule has 0 saturated carbocycles. The molecule has 0 radical (unpaired) electrons. The smallest absolute Gasteiger partial charge is 0.242 e. The highest BCUT2D eigenvalue weighted by Gasteiger charge is 2.33. The molecule has 1 N–H and O–H groups in total. The van der Waals surface area contributed by atoms with E-state index < -0.39 is 0 Å². The minimum atomic E-state index is -0.255. The lowest BCUT2D eigenvalue weighted by atomic mass is 9.97. The molecule has 3 aliphatic heterocycles. The fourth-order valence-corrected chi connectivity index (χ4v) is 5.12. The second-order valence-electron chi connectivity index (χ2n) is 8.73. The van der Waals surface area contributed by atoms with Gasteiger partial charge in [-0.15, -0.1) is 0 Å². The first-order valence-electron chi connectivity index (χ1n) is 11.5. The SMILES string of the molecule is O=C(NCc1ccc2c(c1)OCO2)C(c1ccccc1)N1CCC(N2CCCC2)CC1. The molecule has 2 aromatic rings. The van der Waals surface area contributed by atoms with Crippen LogP contribution in [-0.2, 0) is 11.3 Å². The fraction of sp³-hybridized carbons (Fsp3) is 0.480. The van der Waals surface area contributed by atoms with Crippen LogP contribution in [0.25, 0.3) is 0 Å². The number of carbonyl (C=O) groups is 1. The maximum atomic E-state index is 13.4. The van der Waals surface area contributed by atoms with Gasteiger partial charge in [-0.3, -0.25) is 9.69 Å². The average molecular weight is 422 g/mol. The van der Waals surface area contributed by atoms with Crippen molar-refractivity contribution in [2.24, 2.45) is 0 Å². The zero-order valence-electron chi connectivity index (χ0n) is 18.0. The average Bonchev–Trinajstić information content (AvgIpc) is 3.51. The van der Waals surface area contributed by atoms with E-state index in [0.29, 0.717) is 12.6 Å². The van der Waals surface area contributed by atoms with Crippen molar-refractivity contribution in [3.63, 3.8) is 0 Å². The van der Waals surface area contributed by atoms with E-state index in [-0.39, 0.29) is 18.7 Å². The summed E-state index contributed by atoms with van der Waals surface area (Å²) in [4.78, 5) is 18.4. The minimum Gasteiger partial charge on any atom is -0.454 e. The predicted molar refractivity (Wildman–Crippen MR) is 119 cm³/mol. The van der Waals surface area contributed by atoms with Crippen LogP contribution in [0.1, 0.15) is 42.9 Å². The second kappa shape index (κ2) is 9.28. The summed E-state index contributed by atoms with van der Waals surface area (Å²) in [6.45, 7) is 5.12. The lowest BCUT2D eigenvalue weighted by Gasteiger charge is -2.40. The van der Waals surface area contributed by atoms with Gasteiger partial charge in [0.25, 0.3) is 0 Å². The lowest BCUT2D eigenvalue weighted by Crippen LogP contribution is -2.48. The Labute approximate surface area is 184 Å². The van der Waals surface area contributed by atoms with Gasteiger partial charge in [0.1, 0.15) is 6.04 Å². The first kappa shape index (κ1) is 20.3. The minimum absolute atomic E-state index is 0.0588. The molecule has 5 rings (SSSR count). The van der Waals surface area contributed by atoms with Crippen LogP contribution in [0.5, 0.6) is 11.5 Å². The van der Waals surface area contributed by atoms with Gasteiger partial charge in [-0.05, 0) is 62.0 Å². The van der Waals surface area contributed by atoms with E-state index in [1.54, 1.807) is 0 Å². The Bertz CT molecular complexity index is 890. The van der Waals surface area contributed by atoms with Crippen molar-refractivity contribution in [2.75, 3.05) is 33.0 Å². The summed E-state index contributed by atoms with van der Waals surface area (Å²) in [5, 5.41) is 3.16. The Morgan fingerprint density at radius 1 is 0.968 bits per heavy atom. The molecule has 1 amide bonds. The van der Waals surface area contributed by atoms with Gasteiger partial charge < -0.3 is 19.7 Å². The van der Waals surface area contributed by atoms with Crippen molar-refractivity contribution in [1.82, 2.24) is 15.1 Å². The molecule has 1 atom stereocenters. The van der Waals surface area contributed by atoms with Crippen LogP contribution in [0.2, 0.25) is 0 Å². The van der Waals surface area contributed by atoms with Crippen molar-refractivity contribution in [3.05, 3.63) is 59.7 Å². The normalized spacial score (nSPS) is 20.6. The third-order valence-corrected chi connectivity index (χ3v) is 6.79. The van der Waals surface area contributed by atoms with Gasteiger partial charge in [0.15, 0.2) is 11.5 Å². The van der Waals surface area contributed by atoms with Crippen LogP contribution >= 0.6 is 0 Å². The van der Waals surface area contributed by atoms with Gasteiger partial charge in [-0.1, -0.05) is 36.4 Å². The van der Waals surface area contributed by atoms with Crippen molar-refractivity contribution in [3.8, 4) is 11.5 Å². The van der Waals surface area contributed by atoms with Crippen LogP contribution in [0.3, 0.4) is 0 Å². The van der Waals surface area contributed by atoms with Gasteiger partial charge in [0, 0.05) is 25.7 Å². The van der Waals surface area contributed by atoms with Crippen molar-refractivity contribution in [1.29, 1.82) is 0 Å². The summed E-state index contributed by atoms with van der Waals surface area (Å²) in [6, 6.07) is 16.4. The number of likely N-dealkylation sites (tertiary alicyclic amines) is 2. The van der Waals surface area contributed by atoms with E-state index in [1.165, 1.54) is 25.9 Å². The Morgan fingerprint density at radius 3 is 2.48 bits per heavy atom. The number of piperidine rings is 1. The van der Waals surface area contributed by atoms with Crippen molar-refractivity contribution < 1.29 is 14.3 Å². The van der Waals surface area contributed by atoms with Gasteiger partial charge in [-0.25, -0.2) is 0 Å². The molecule has 2 aromatic carbocycles. The molecule has 1 unspecified atom stereocenters. The molecule has 6 heteroatoms. The summed E-state index contributed by atoms with van der Waals surface area (Å²) < 4.78 is 10.8. The first-order chi connectivity index (χ1) is 15.3. The number of ether oxygens (including phenoxy) is 2. The van der Waals surface area contributed by atoms with Gasteiger partial charge in [0.05, 0.1) is 0 Å². The van der Waals surface area contributed by atoms with Crippen LogP contribution in [0.15, 0.2) is 48.5 Å². The molecule has 3 aliphatic rings. The summed E-state index contributed by atoms with van der Waals surface area (Å²) in [5.41, 5.74) is 2.07. The van der Waals surface area contributed by atoms with Crippen LogP contribution in [-0.4, -0.2) is 54.7 Å². The molecule has 0 aromatic heterocycles. The number of hydrogen-bond acceptors (Lipinski definition) is 5. The zero-order chi connectivity index (χ0) is 21.0. The number of rotatable bonds is 6. The van der Waals surface area contributed by atoms with Gasteiger partial charge in [0.2, 0.25) is 12.7 Å². The number of nitrogens with zero attached hydrogens (tertiary/aromatic N) is 2. The topological polar surface area (TPSA) is 54.0 Å². The Kier molecular flexibility index (Phi) is 6.09. The van der Waals surface area contributed by atoms with E-state index in [4.69, 9.17) is 9.47 Å². The zero-order valence-corrected chi connectivity index (χ0v) is 18.0. The van der Waals surface area contributed by atoms with Crippen molar-refractivity contribution in [2.45, 2.75) is 44.3 Å². The Morgan fingerprint density at radius 2 is 1.71 bits per heavy atom. The number of hydrogen-bond donors (Lipinski definition) is 1. The molecule has 6 nitrogen and oxygen atoms in total. The molecular formula is C25H31N3O3. The molecule has 2 fully saturated rings. The molecule has 2 saturated heterocycles. The second-order valence-corrected chi connectivity index (χ2v) is 8.73. The van der Waals surface area contributed by atoms with Crippen LogP contribution < -0.4 is 14.8 Å². The molecule has 0 bridgehead atoms. The number of fused-ring (bicyclic) bond motifs is 1. The third-order valence-electron chi connectivity index (χ3n) is 6.79.